The molecule has 2 aromatic rings. The van der Waals surface area contributed by atoms with Gasteiger partial charge in [0.1, 0.15) is 6.33 Å². The summed E-state index contributed by atoms with van der Waals surface area (Å²) in [5, 5.41) is 0. The Morgan fingerprint density at radius 1 is 1.35 bits per heavy atom. The van der Waals surface area contributed by atoms with Gasteiger partial charge in [0.25, 0.3) is 0 Å². The predicted molar refractivity (Wildman–Crippen MR) is 62.8 cm³/mol. The van der Waals surface area contributed by atoms with Crippen LogP contribution in [0.5, 0.6) is 0 Å². The fourth-order valence-corrected chi connectivity index (χ4v) is 1.65. The quantitative estimate of drug-likeness (QED) is 0.814. The Balaban J connectivity index is 2.00. The number of nitrogens with two attached hydrogens (primary N) is 1. The van der Waals surface area contributed by atoms with Gasteiger partial charge in [0, 0.05) is 25.5 Å². The van der Waals surface area contributed by atoms with Gasteiger partial charge in [-0.05, 0) is 12.8 Å². The first kappa shape index (κ1) is 10.0. The number of anilines is 2. The van der Waals surface area contributed by atoms with Gasteiger partial charge in [-0.1, -0.05) is 0 Å². The lowest BCUT2D eigenvalue weighted by Crippen LogP contribution is -2.23. The Labute approximate surface area is 98.3 Å². The standard InChI is InChI=1S/C10H13N7/c1-16(7-2-3-7)9-13-8(11)14-10(15-9)17-5-4-12-6-17/h4-7H,2-3H2,1H3,(H2,11,13,14,15). The normalized spacial score (nSPS) is 14.9. The molecule has 0 aromatic carbocycles. The number of imidazole rings is 1. The molecule has 7 nitrogen and oxygen atoms in total. The fourth-order valence-electron chi connectivity index (χ4n) is 1.65. The van der Waals surface area contributed by atoms with Crippen LogP contribution in [0.25, 0.3) is 5.95 Å². The number of nitrogen functional groups attached to an aromatic ring is 1. The van der Waals surface area contributed by atoms with Gasteiger partial charge < -0.3 is 10.6 Å². The highest BCUT2D eigenvalue weighted by atomic mass is 15.3. The molecule has 1 fully saturated rings. The average Bonchev–Trinajstić information content (AvgIpc) is 3.02. The molecule has 0 bridgehead atoms. The van der Waals surface area contributed by atoms with E-state index in [-0.39, 0.29) is 5.95 Å². The van der Waals surface area contributed by atoms with Gasteiger partial charge in [-0.2, -0.15) is 15.0 Å². The number of hydrogen-bond acceptors (Lipinski definition) is 6. The second kappa shape index (κ2) is 3.69. The Kier molecular flexibility index (Phi) is 2.17. The van der Waals surface area contributed by atoms with Crippen LogP contribution in [0.4, 0.5) is 11.9 Å². The Morgan fingerprint density at radius 3 is 2.82 bits per heavy atom. The Bertz CT molecular complexity index is 517. The second-order valence-electron chi connectivity index (χ2n) is 4.11. The van der Waals surface area contributed by atoms with Crippen LogP contribution in [0.2, 0.25) is 0 Å². The number of aromatic nitrogens is 5. The Hall–Kier alpha value is -2.18. The zero-order chi connectivity index (χ0) is 11.8. The Morgan fingerprint density at radius 2 is 2.18 bits per heavy atom. The SMILES string of the molecule is CN(c1nc(N)nc(-n2ccnc2)n1)C1CC1. The molecular formula is C10H13N7. The van der Waals surface area contributed by atoms with Crippen molar-refractivity contribution in [3.63, 3.8) is 0 Å². The minimum Gasteiger partial charge on any atom is -0.368 e. The van der Waals surface area contributed by atoms with Crippen LogP contribution in [-0.2, 0) is 0 Å². The topological polar surface area (TPSA) is 85.8 Å². The summed E-state index contributed by atoms with van der Waals surface area (Å²) in [5.41, 5.74) is 5.70. The maximum absolute atomic E-state index is 5.70. The number of rotatable bonds is 3. The molecule has 88 valence electrons. The minimum absolute atomic E-state index is 0.228. The first-order valence-electron chi connectivity index (χ1n) is 5.47. The van der Waals surface area contributed by atoms with Crippen LogP contribution in [0, 0.1) is 0 Å². The van der Waals surface area contributed by atoms with Crippen molar-refractivity contribution in [3.8, 4) is 5.95 Å². The molecule has 0 atom stereocenters. The predicted octanol–water partition coefficient (Wildman–Crippen LogP) is 0.238. The van der Waals surface area contributed by atoms with E-state index in [1.807, 2.05) is 11.9 Å². The maximum Gasteiger partial charge on any atom is 0.241 e. The molecule has 0 amide bonds. The highest BCUT2D eigenvalue weighted by molar-refractivity contribution is 5.39. The smallest absolute Gasteiger partial charge is 0.241 e. The summed E-state index contributed by atoms with van der Waals surface area (Å²) in [7, 11) is 1.98. The third kappa shape index (κ3) is 1.91. The molecule has 7 heteroatoms. The van der Waals surface area contributed by atoms with E-state index in [1.54, 1.807) is 23.3 Å². The first-order valence-corrected chi connectivity index (χ1v) is 5.47. The van der Waals surface area contributed by atoms with Gasteiger partial charge in [0.05, 0.1) is 0 Å². The average molecular weight is 231 g/mol. The van der Waals surface area contributed by atoms with E-state index >= 15 is 0 Å². The van der Waals surface area contributed by atoms with E-state index in [0.717, 1.165) is 0 Å². The number of nitrogens with zero attached hydrogens (tertiary/aromatic N) is 6. The molecule has 0 aliphatic heterocycles. The van der Waals surface area contributed by atoms with Crippen molar-refractivity contribution in [2.75, 3.05) is 17.7 Å². The monoisotopic (exact) mass is 231 g/mol. The minimum atomic E-state index is 0.228. The fraction of sp³-hybridized carbons (Fsp3) is 0.400. The van der Waals surface area contributed by atoms with Gasteiger partial charge in [0.2, 0.25) is 17.8 Å². The van der Waals surface area contributed by atoms with Gasteiger partial charge in [0.15, 0.2) is 0 Å². The van der Waals surface area contributed by atoms with Crippen LogP contribution < -0.4 is 10.6 Å². The van der Waals surface area contributed by atoms with Gasteiger partial charge in [-0.3, -0.25) is 4.57 Å². The second-order valence-corrected chi connectivity index (χ2v) is 4.11. The molecule has 3 rings (SSSR count). The van der Waals surface area contributed by atoms with Crippen LogP contribution in [-0.4, -0.2) is 37.6 Å². The molecule has 2 heterocycles. The molecule has 2 N–H and O–H groups in total. The molecular weight excluding hydrogens is 218 g/mol. The lowest BCUT2D eigenvalue weighted by Gasteiger charge is -2.16. The first-order chi connectivity index (χ1) is 8.24. The summed E-state index contributed by atoms with van der Waals surface area (Å²) in [5.74, 6) is 1.34. The van der Waals surface area contributed by atoms with E-state index in [0.29, 0.717) is 17.9 Å². The lowest BCUT2D eigenvalue weighted by molar-refractivity contribution is 0.824. The van der Waals surface area contributed by atoms with E-state index in [9.17, 15) is 0 Å². The van der Waals surface area contributed by atoms with Crippen molar-refractivity contribution in [2.45, 2.75) is 18.9 Å². The highest BCUT2D eigenvalue weighted by Gasteiger charge is 2.28. The van der Waals surface area contributed by atoms with Gasteiger partial charge >= 0.3 is 0 Å². The van der Waals surface area contributed by atoms with E-state index in [2.05, 4.69) is 19.9 Å². The highest BCUT2D eigenvalue weighted by Crippen LogP contribution is 2.28. The van der Waals surface area contributed by atoms with Crippen molar-refractivity contribution < 1.29 is 0 Å². The van der Waals surface area contributed by atoms with Crippen LogP contribution in [0.15, 0.2) is 18.7 Å². The molecule has 1 saturated carbocycles. The van der Waals surface area contributed by atoms with Crippen molar-refractivity contribution in [3.05, 3.63) is 18.7 Å². The molecule has 1 aliphatic carbocycles. The van der Waals surface area contributed by atoms with Crippen LogP contribution in [0.3, 0.4) is 0 Å². The van der Waals surface area contributed by atoms with Crippen LogP contribution in [0.1, 0.15) is 12.8 Å². The summed E-state index contributed by atoms with van der Waals surface area (Å²) in [6, 6.07) is 0.535. The van der Waals surface area contributed by atoms with E-state index < -0.39 is 0 Å². The zero-order valence-corrected chi connectivity index (χ0v) is 9.48. The van der Waals surface area contributed by atoms with Crippen LogP contribution >= 0.6 is 0 Å². The molecule has 0 radical (unpaired) electrons. The molecule has 0 spiro atoms. The van der Waals surface area contributed by atoms with E-state index in [1.165, 1.54) is 12.8 Å². The molecule has 2 aromatic heterocycles. The third-order valence-corrected chi connectivity index (χ3v) is 2.77. The maximum atomic E-state index is 5.70. The molecule has 17 heavy (non-hydrogen) atoms. The van der Waals surface area contributed by atoms with Crippen molar-refractivity contribution >= 4 is 11.9 Å². The van der Waals surface area contributed by atoms with E-state index in [4.69, 9.17) is 5.73 Å². The lowest BCUT2D eigenvalue weighted by atomic mass is 10.6. The van der Waals surface area contributed by atoms with Gasteiger partial charge in [-0.15, -0.1) is 0 Å². The summed E-state index contributed by atoms with van der Waals surface area (Å²) >= 11 is 0. The van der Waals surface area contributed by atoms with Crippen molar-refractivity contribution in [1.29, 1.82) is 0 Å². The summed E-state index contributed by atoms with van der Waals surface area (Å²) in [6.45, 7) is 0. The summed E-state index contributed by atoms with van der Waals surface area (Å²) < 4.78 is 1.71. The summed E-state index contributed by atoms with van der Waals surface area (Å²) in [6.07, 6.45) is 7.45. The van der Waals surface area contributed by atoms with Crippen molar-refractivity contribution in [1.82, 2.24) is 24.5 Å². The molecule has 0 saturated heterocycles. The third-order valence-electron chi connectivity index (χ3n) is 2.77. The molecule has 0 unspecified atom stereocenters. The number of hydrogen-bond donors (Lipinski definition) is 1. The van der Waals surface area contributed by atoms with Crippen molar-refractivity contribution in [2.24, 2.45) is 0 Å². The van der Waals surface area contributed by atoms with Gasteiger partial charge in [-0.25, -0.2) is 4.98 Å². The zero-order valence-electron chi connectivity index (χ0n) is 9.48. The largest absolute Gasteiger partial charge is 0.368 e. The summed E-state index contributed by atoms with van der Waals surface area (Å²) in [4.78, 5) is 18.6. The molecule has 1 aliphatic rings.